The van der Waals surface area contributed by atoms with Gasteiger partial charge < -0.3 is 19.6 Å². The van der Waals surface area contributed by atoms with Gasteiger partial charge in [0.15, 0.2) is 0 Å². The molecular weight excluding hydrogens is 897 g/mol. The van der Waals surface area contributed by atoms with E-state index in [2.05, 4.69) is 329 Å². The van der Waals surface area contributed by atoms with Crippen LogP contribution in [0.25, 0.3) is 33.0 Å². The van der Waals surface area contributed by atoms with Crippen LogP contribution >= 0.6 is 0 Å². The van der Waals surface area contributed by atoms with Crippen molar-refractivity contribution in [3.8, 4) is 22.3 Å². The second kappa shape index (κ2) is 21.0. The summed E-state index contributed by atoms with van der Waals surface area (Å²) in [5, 5.41) is 2.33. The largest absolute Gasteiger partial charge is 0.334 e. The Hall–Kier alpha value is -9.64. The van der Waals surface area contributed by atoms with Crippen molar-refractivity contribution in [3.05, 3.63) is 309 Å². The Kier molecular flexibility index (Phi) is 12.9. The van der Waals surface area contributed by atoms with Crippen LogP contribution < -0.4 is 19.6 Å². The summed E-state index contributed by atoms with van der Waals surface area (Å²) in [6.45, 7) is 0. The van der Waals surface area contributed by atoms with Gasteiger partial charge in [0, 0.05) is 51.2 Å². The minimum Gasteiger partial charge on any atom is -0.334 e. The van der Waals surface area contributed by atoms with Crippen molar-refractivity contribution in [3.63, 3.8) is 0 Å². The molecule has 12 rings (SSSR count). The third kappa shape index (κ3) is 9.48. The molecule has 0 spiro atoms. The van der Waals surface area contributed by atoms with Crippen molar-refractivity contribution in [1.82, 2.24) is 0 Å². The van der Waals surface area contributed by atoms with Gasteiger partial charge in [0.25, 0.3) is 0 Å². The predicted molar refractivity (Wildman–Crippen MR) is 314 cm³/mol. The van der Waals surface area contributed by atoms with Gasteiger partial charge in [-0.05, 0) is 161 Å². The van der Waals surface area contributed by atoms with Gasteiger partial charge in [-0.3, -0.25) is 0 Å². The molecule has 4 heteroatoms. The summed E-state index contributed by atoms with van der Waals surface area (Å²) in [4.78, 5) is 9.53. The molecule has 0 aliphatic heterocycles. The Morgan fingerprint density at radius 1 is 0.257 bits per heavy atom. The molecule has 74 heavy (non-hydrogen) atoms. The zero-order valence-corrected chi connectivity index (χ0v) is 41.0. The van der Waals surface area contributed by atoms with Crippen molar-refractivity contribution in [1.29, 1.82) is 0 Å². The molecule has 0 heterocycles. The number of anilines is 11. The van der Waals surface area contributed by atoms with E-state index < -0.39 is 0 Å². The Bertz CT molecular complexity index is 3620. The second-order valence-electron chi connectivity index (χ2n) is 18.5. The number of allylic oxidation sites excluding steroid dienone is 2. The molecule has 354 valence electrons. The normalized spacial score (nSPS) is 12.8. The zero-order valence-electron chi connectivity index (χ0n) is 41.0. The average Bonchev–Trinajstić information content (AvgIpc) is 3.48. The van der Waals surface area contributed by atoms with E-state index >= 15 is 0 Å². The van der Waals surface area contributed by atoms with E-state index in [0.717, 1.165) is 85.1 Å². The summed E-state index contributed by atoms with van der Waals surface area (Å²) in [5.74, 6) is 0. The molecule has 1 atom stereocenters. The molecule has 0 aromatic heterocycles. The SMILES string of the molecule is C1=CCC(N(c2ccccc2)c2ccc(-c3ccc(N(c4ccccc4)c4cc5ccccc5cc4N(c4ccccc4)c4ccc(-c5ccc(N(c6ccccc6)c6ccccc6)cc5)cc4)cc3)cc2)C=C1. The van der Waals surface area contributed by atoms with Crippen LogP contribution in [0.5, 0.6) is 0 Å². The number of fused-ring (bicyclic) bond motifs is 1. The number of hydrogen-bond donors (Lipinski definition) is 0. The van der Waals surface area contributed by atoms with Gasteiger partial charge in [-0.1, -0.05) is 188 Å². The van der Waals surface area contributed by atoms with E-state index in [9.17, 15) is 0 Å². The molecule has 0 fully saturated rings. The van der Waals surface area contributed by atoms with Crippen molar-refractivity contribution in [2.24, 2.45) is 0 Å². The minimum atomic E-state index is 0.246. The molecule has 0 radical (unpaired) electrons. The van der Waals surface area contributed by atoms with Crippen LogP contribution in [0, 0.1) is 0 Å². The zero-order chi connectivity index (χ0) is 49.5. The number of hydrogen-bond acceptors (Lipinski definition) is 4. The van der Waals surface area contributed by atoms with Gasteiger partial charge in [0.05, 0.1) is 17.4 Å². The van der Waals surface area contributed by atoms with E-state index in [-0.39, 0.29) is 6.04 Å². The molecule has 0 N–H and O–H groups in total. The molecule has 0 amide bonds. The first kappa shape index (κ1) is 45.5. The van der Waals surface area contributed by atoms with Crippen molar-refractivity contribution >= 4 is 73.3 Å². The maximum atomic E-state index is 2.43. The van der Waals surface area contributed by atoms with Crippen LogP contribution in [-0.2, 0) is 0 Å². The summed E-state index contributed by atoms with van der Waals surface area (Å²) < 4.78 is 0. The van der Waals surface area contributed by atoms with E-state index in [1.54, 1.807) is 0 Å². The smallest absolute Gasteiger partial charge is 0.0708 e. The molecular formula is C70H54N4. The molecule has 0 saturated carbocycles. The number of benzene rings is 11. The van der Waals surface area contributed by atoms with Gasteiger partial charge in [-0.2, -0.15) is 0 Å². The quantitative estimate of drug-likeness (QED) is 0.108. The van der Waals surface area contributed by atoms with Gasteiger partial charge in [0.1, 0.15) is 0 Å². The van der Waals surface area contributed by atoms with Crippen LogP contribution in [0.3, 0.4) is 0 Å². The average molecular weight is 951 g/mol. The Morgan fingerprint density at radius 2 is 0.541 bits per heavy atom. The molecule has 11 aromatic rings. The summed E-state index contributed by atoms with van der Waals surface area (Å²) in [6.07, 6.45) is 9.80. The molecule has 4 nitrogen and oxygen atoms in total. The number of rotatable bonds is 14. The molecule has 0 bridgehead atoms. The fraction of sp³-hybridized carbons (Fsp3) is 0.0286. The van der Waals surface area contributed by atoms with Crippen molar-refractivity contribution in [2.75, 3.05) is 19.6 Å². The highest BCUT2D eigenvalue weighted by atomic mass is 15.2. The minimum absolute atomic E-state index is 0.246. The van der Waals surface area contributed by atoms with E-state index in [1.165, 1.54) is 16.9 Å². The first-order chi connectivity index (χ1) is 36.7. The number of nitrogens with zero attached hydrogens (tertiary/aromatic N) is 4. The fourth-order valence-corrected chi connectivity index (χ4v) is 10.3. The lowest BCUT2D eigenvalue weighted by Gasteiger charge is -2.34. The van der Waals surface area contributed by atoms with E-state index in [4.69, 9.17) is 0 Å². The summed E-state index contributed by atoms with van der Waals surface area (Å²) in [7, 11) is 0. The van der Waals surface area contributed by atoms with Gasteiger partial charge in [-0.25, -0.2) is 0 Å². The Balaban J connectivity index is 0.908. The van der Waals surface area contributed by atoms with Crippen LogP contribution in [0.15, 0.2) is 309 Å². The maximum Gasteiger partial charge on any atom is 0.0708 e. The van der Waals surface area contributed by atoms with Crippen LogP contribution in [0.4, 0.5) is 62.6 Å². The molecule has 11 aromatic carbocycles. The molecule has 1 unspecified atom stereocenters. The van der Waals surface area contributed by atoms with Gasteiger partial charge in [0.2, 0.25) is 0 Å². The first-order valence-electron chi connectivity index (χ1n) is 25.4. The third-order valence-corrected chi connectivity index (χ3v) is 13.9. The summed E-state index contributed by atoms with van der Waals surface area (Å²) >= 11 is 0. The maximum absolute atomic E-state index is 2.43. The van der Waals surface area contributed by atoms with Crippen LogP contribution in [0.1, 0.15) is 6.42 Å². The highest BCUT2D eigenvalue weighted by molar-refractivity contribution is 6.00. The molecule has 1 aliphatic carbocycles. The van der Waals surface area contributed by atoms with Crippen molar-refractivity contribution < 1.29 is 0 Å². The highest BCUT2D eigenvalue weighted by Crippen LogP contribution is 2.48. The first-order valence-corrected chi connectivity index (χ1v) is 25.4. The Morgan fingerprint density at radius 3 is 0.892 bits per heavy atom. The standard InChI is InChI=1S/C70H54N4/c1-7-23-59(24-8-1)71(60-25-9-2-10-26-60)65-43-35-53(36-44-65)55-39-47-67(48-40-55)73(63-31-15-5-16-32-63)69-51-57-21-19-20-22-58(57)52-70(69)74(64-33-17-6-18-34-64)68-49-41-56(42-50-68)54-37-45-66(46-38-54)72(61-27-11-3-12-28-61)62-29-13-4-14-30-62/h1-29,31-52,62H,30H2. The fourth-order valence-electron chi connectivity index (χ4n) is 10.3. The molecule has 0 saturated heterocycles. The third-order valence-electron chi connectivity index (χ3n) is 13.9. The highest BCUT2D eigenvalue weighted by Gasteiger charge is 2.24. The lowest BCUT2D eigenvalue weighted by atomic mass is 10.0. The van der Waals surface area contributed by atoms with Crippen LogP contribution in [0.2, 0.25) is 0 Å². The molecule has 1 aliphatic rings. The van der Waals surface area contributed by atoms with Crippen molar-refractivity contribution in [2.45, 2.75) is 12.5 Å². The lowest BCUT2D eigenvalue weighted by Crippen LogP contribution is -2.29. The lowest BCUT2D eigenvalue weighted by molar-refractivity contribution is 0.785. The summed E-state index contributed by atoms with van der Waals surface area (Å²) in [5.41, 5.74) is 16.7. The predicted octanol–water partition coefficient (Wildman–Crippen LogP) is 19.6. The van der Waals surface area contributed by atoms with E-state index in [0.29, 0.717) is 0 Å². The Labute approximate surface area is 434 Å². The monoisotopic (exact) mass is 950 g/mol. The second-order valence-corrected chi connectivity index (χ2v) is 18.5. The van der Waals surface area contributed by atoms with E-state index in [1.807, 2.05) is 0 Å². The van der Waals surface area contributed by atoms with Crippen LogP contribution in [-0.4, -0.2) is 6.04 Å². The summed E-state index contributed by atoms with van der Waals surface area (Å²) in [6, 6.07) is 103. The van der Waals surface area contributed by atoms with Gasteiger partial charge >= 0.3 is 0 Å². The van der Waals surface area contributed by atoms with Gasteiger partial charge in [-0.15, -0.1) is 0 Å². The number of para-hydroxylation sites is 5. The topological polar surface area (TPSA) is 13.0 Å².